The normalized spacial score (nSPS) is 10.6. The maximum absolute atomic E-state index is 11.3. The highest BCUT2D eigenvalue weighted by Gasteiger charge is 2.16. The number of nitrogens with two attached hydrogens (primary N) is 1. The summed E-state index contributed by atoms with van der Waals surface area (Å²) in [4.78, 5) is 22.2. The molecule has 0 fully saturated rings. The number of phenolic OH excluding ortho intramolecular Hbond substituents is 1. The van der Waals surface area contributed by atoms with Crippen molar-refractivity contribution in [1.29, 1.82) is 0 Å². The van der Waals surface area contributed by atoms with Gasteiger partial charge in [-0.1, -0.05) is 0 Å². The van der Waals surface area contributed by atoms with Crippen LogP contribution in [0.1, 0.15) is 27.8 Å². The molecule has 1 aromatic heterocycles. The summed E-state index contributed by atoms with van der Waals surface area (Å²) in [6.07, 6.45) is 0. The molecule has 82 valence electrons. The minimum Gasteiger partial charge on any atom is -0.507 e. The third kappa shape index (κ3) is 1.42. The lowest BCUT2D eigenvalue weighted by Crippen LogP contribution is -2.09. The highest BCUT2D eigenvalue weighted by Crippen LogP contribution is 2.30. The van der Waals surface area contributed by atoms with Gasteiger partial charge >= 0.3 is 0 Å². The van der Waals surface area contributed by atoms with E-state index in [1.165, 1.54) is 25.1 Å². The van der Waals surface area contributed by atoms with Crippen molar-refractivity contribution in [3.8, 4) is 5.75 Å². The van der Waals surface area contributed by atoms with Gasteiger partial charge in [0, 0.05) is 6.07 Å². The van der Waals surface area contributed by atoms with E-state index in [-0.39, 0.29) is 22.9 Å². The quantitative estimate of drug-likeness (QED) is 0.747. The Labute approximate surface area is 90.5 Å². The van der Waals surface area contributed by atoms with E-state index in [1.807, 2.05) is 0 Å². The maximum atomic E-state index is 11.3. The van der Waals surface area contributed by atoms with E-state index in [2.05, 4.69) is 0 Å². The molecule has 16 heavy (non-hydrogen) atoms. The molecule has 1 aromatic carbocycles. The van der Waals surface area contributed by atoms with Gasteiger partial charge in [0.15, 0.2) is 11.5 Å². The number of benzene rings is 1. The zero-order valence-corrected chi connectivity index (χ0v) is 8.48. The lowest BCUT2D eigenvalue weighted by Gasteiger charge is -1.98. The predicted molar refractivity (Wildman–Crippen MR) is 56.4 cm³/mol. The molecule has 0 atom stereocenters. The molecule has 0 unspecified atom stereocenters. The molecule has 2 rings (SSSR count). The Hall–Kier alpha value is -2.30. The van der Waals surface area contributed by atoms with Crippen LogP contribution in [0.25, 0.3) is 11.0 Å². The average molecular weight is 219 g/mol. The first-order valence-electron chi connectivity index (χ1n) is 4.57. The smallest absolute Gasteiger partial charge is 0.284 e. The number of furan rings is 1. The minimum absolute atomic E-state index is 0.0590. The molecular weight excluding hydrogens is 210 g/mol. The van der Waals surface area contributed by atoms with E-state index in [4.69, 9.17) is 10.2 Å². The summed E-state index contributed by atoms with van der Waals surface area (Å²) >= 11 is 0. The van der Waals surface area contributed by atoms with E-state index < -0.39 is 5.91 Å². The van der Waals surface area contributed by atoms with Gasteiger partial charge in [-0.2, -0.15) is 0 Å². The van der Waals surface area contributed by atoms with Gasteiger partial charge in [0.2, 0.25) is 0 Å². The Morgan fingerprint density at radius 1 is 1.38 bits per heavy atom. The molecule has 5 heteroatoms. The lowest BCUT2D eigenvalue weighted by molar-refractivity contribution is 0.0971. The van der Waals surface area contributed by atoms with Gasteiger partial charge in [0.05, 0.1) is 10.9 Å². The van der Waals surface area contributed by atoms with Crippen LogP contribution in [0.3, 0.4) is 0 Å². The molecule has 5 nitrogen and oxygen atoms in total. The van der Waals surface area contributed by atoms with Crippen molar-refractivity contribution in [1.82, 2.24) is 0 Å². The number of aromatic hydroxyl groups is 1. The largest absolute Gasteiger partial charge is 0.507 e. The maximum Gasteiger partial charge on any atom is 0.284 e. The lowest BCUT2D eigenvalue weighted by atomic mass is 10.1. The summed E-state index contributed by atoms with van der Waals surface area (Å²) in [6.45, 7) is 1.37. The monoisotopic (exact) mass is 219 g/mol. The highest BCUT2D eigenvalue weighted by molar-refractivity contribution is 6.08. The molecule has 1 heterocycles. The summed E-state index contributed by atoms with van der Waals surface area (Å²) in [7, 11) is 0. The first-order chi connectivity index (χ1) is 7.50. The van der Waals surface area contributed by atoms with Crippen LogP contribution in [-0.2, 0) is 0 Å². The van der Waals surface area contributed by atoms with Crippen molar-refractivity contribution in [3.05, 3.63) is 29.5 Å². The van der Waals surface area contributed by atoms with Gasteiger partial charge in [-0.25, -0.2) is 0 Å². The van der Waals surface area contributed by atoms with Crippen molar-refractivity contribution in [2.75, 3.05) is 0 Å². The van der Waals surface area contributed by atoms with Crippen molar-refractivity contribution < 1.29 is 19.1 Å². The highest BCUT2D eigenvalue weighted by atomic mass is 16.3. The summed E-state index contributed by atoms with van der Waals surface area (Å²) in [5.41, 5.74) is 5.54. The number of hydrogen-bond acceptors (Lipinski definition) is 4. The van der Waals surface area contributed by atoms with Gasteiger partial charge in [-0.3, -0.25) is 9.59 Å². The van der Waals surface area contributed by atoms with E-state index in [0.717, 1.165) is 0 Å². The zero-order valence-electron chi connectivity index (χ0n) is 8.48. The third-order valence-electron chi connectivity index (χ3n) is 2.28. The molecule has 1 amide bonds. The number of primary amides is 1. The van der Waals surface area contributed by atoms with Crippen LogP contribution in [0.4, 0.5) is 0 Å². The van der Waals surface area contributed by atoms with Crippen LogP contribution in [0.15, 0.2) is 22.6 Å². The van der Waals surface area contributed by atoms with Gasteiger partial charge in [0.25, 0.3) is 5.91 Å². The number of hydrogen-bond donors (Lipinski definition) is 2. The standard InChI is InChI=1S/C11H9NO4/c1-5(13)6-2-3-8(14)7-4-9(11(12)15)16-10(6)7/h2-4,14H,1H3,(H2,12,15). The molecular formula is C11H9NO4. The van der Waals surface area contributed by atoms with Crippen molar-refractivity contribution in [3.63, 3.8) is 0 Å². The Morgan fingerprint density at radius 3 is 2.62 bits per heavy atom. The third-order valence-corrected chi connectivity index (χ3v) is 2.28. The van der Waals surface area contributed by atoms with E-state index in [9.17, 15) is 14.7 Å². The van der Waals surface area contributed by atoms with Crippen LogP contribution in [0.2, 0.25) is 0 Å². The second-order valence-electron chi connectivity index (χ2n) is 3.41. The predicted octanol–water partition coefficient (Wildman–Crippen LogP) is 1.44. The van der Waals surface area contributed by atoms with Crippen LogP contribution in [-0.4, -0.2) is 16.8 Å². The fourth-order valence-electron chi connectivity index (χ4n) is 1.51. The SMILES string of the molecule is CC(=O)c1ccc(O)c2cc(C(N)=O)oc12. The van der Waals surface area contributed by atoms with Crippen molar-refractivity contribution in [2.24, 2.45) is 5.73 Å². The molecule has 0 saturated heterocycles. The van der Waals surface area contributed by atoms with Crippen LogP contribution >= 0.6 is 0 Å². The van der Waals surface area contributed by atoms with Crippen molar-refractivity contribution in [2.45, 2.75) is 6.92 Å². The van der Waals surface area contributed by atoms with E-state index in [1.54, 1.807) is 0 Å². The molecule has 0 spiro atoms. The Kier molecular flexibility index (Phi) is 2.16. The number of ketones is 1. The number of phenols is 1. The second-order valence-corrected chi connectivity index (χ2v) is 3.41. The fraction of sp³-hybridized carbons (Fsp3) is 0.0909. The number of amides is 1. The molecule has 0 aliphatic carbocycles. The van der Waals surface area contributed by atoms with Crippen LogP contribution < -0.4 is 5.73 Å². The first kappa shape index (κ1) is 10.2. The van der Waals surface area contributed by atoms with Crippen molar-refractivity contribution >= 4 is 22.7 Å². The van der Waals surface area contributed by atoms with E-state index in [0.29, 0.717) is 10.9 Å². The van der Waals surface area contributed by atoms with Gasteiger partial charge < -0.3 is 15.3 Å². The average Bonchev–Trinajstić information content (AvgIpc) is 2.62. The molecule has 0 bridgehead atoms. The molecule has 3 N–H and O–H groups in total. The number of fused-ring (bicyclic) bond motifs is 1. The minimum atomic E-state index is -0.745. The Balaban J connectivity index is 2.82. The summed E-state index contributed by atoms with van der Waals surface area (Å²) in [5.74, 6) is -1.10. The molecule has 0 radical (unpaired) electrons. The number of Topliss-reactive ketones (excluding diaryl/α,β-unsaturated/α-hetero) is 1. The molecule has 0 aliphatic rings. The van der Waals surface area contributed by atoms with Crippen LogP contribution in [0.5, 0.6) is 5.75 Å². The summed E-state index contributed by atoms with van der Waals surface area (Å²) in [5, 5.41) is 9.86. The Bertz CT molecular complexity index is 597. The van der Waals surface area contributed by atoms with E-state index >= 15 is 0 Å². The Morgan fingerprint density at radius 2 is 2.06 bits per heavy atom. The van der Waals surface area contributed by atoms with Crippen LogP contribution in [0, 0.1) is 0 Å². The van der Waals surface area contributed by atoms with Gasteiger partial charge in [0.1, 0.15) is 11.3 Å². The fourth-order valence-corrected chi connectivity index (χ4v) is 1.51. The number of rotatable bonds is 2. The first-order valence-corrected chi connectivity index (χ1v) is 4.57. The molecule has 2 aromatic rings. The number of carbonyl (C=O) groups excluding carboxylic acids is 2. The zero-order chi connectivity index (χ0) is 11.9. The molecule has 0 aliphatic heterocycles. The summed E-state index contributed by atoms with van der Waals surface area (Å²) < 4.78 is 5.15. The molecule has 0 saturated carbocycles. The topological polar surface area (TPSA) is 93.5 Å². The number of carbonyl (C=O) groups is 2. The summed E-state index contributed by atoms with van der Waals surface area (Å²) in [6, 6.07) is 4.13. The second kappa shape index (κ2) is 3.37. The van der Waals surface area contributed by atoms with Gasteiger partial charge in [-0.15, -0.1) is 0 Å². The van der Waals surface area contributed by atoms with Gasteiger partial charge in [-0.05, 0) is 19.1 Å².